The number of nitrogens with one attached hydrogen (secondary N) is 4. The molecule has 0 saturated carbocycles. The molecular formula is C27H34N6O2. The van der Waals surface area contributed by atoms with Gasteiger partial charge in [-0.2, -0.15) is 5.26 Å². The Bertz CT molecular complexity index is 1070. The van der Waals surface area contributed by atoms with Gasteiger partial charge < -0.3 is 21.3 Å². The van der Waals surface area contributed by atoms with E-state index in [1.807, 2.05) is 51.3 Å². The van der Waals surface area contributed by atoms with Gasteiger partial charge in [-0.3, -0.25) is 4.99 Å². The molecule has 4 N–H and O–H groups in total. The summed E-state index contributed by atoms with van der Waals surface area (Å²) in [7, 11) is 0. The maximum atomic E-state index is 12.2. The summed E-state index contributed by atoms with van der Waals surface area (Å²) in [6.07, 6.45) is 11.1. The van der Waals surface area contributed by atoms with Crippen LogP contribution < -0.4 is 21.3 Å². The van der Waals surface area contributed by atoms with Crippen molar-refractivity contribution in [1.82, 2.24) is 5.32 Å². The van der Waals surface area contributed by atoms with Crippen LogP contribution in [0.3, 0.4) is 0 Å². The van der Waals surface area contributed by atoms with E-state index in [1.165, 1.54) is 0 Å². The maximum absolute atomic E-state index is 12.2. The Kier molecular flexibility index (Phi) is 14.0. The van der Waals surface area contributed by atoms with Gasteiger partial charge in [-0.25, -0.2) is 9.59 Å². The van der Waals surface area contributed by atoms with E-state index in [-0.39, 0.29) is 6.03 Å². The van der Waals surface area contributed by atoms with E-state index in [2.05, 4.69) is 33.2 Å². The number of anilines is 3. The van der Waals surface area contributed by atoms with Crippen molar-refractivity contribution in [3.05, 3.63) is 78.0 Å². The van der Waals surface area contributed by atoms with Gasteiger partial charge in [0.1, 0.15) is 0 Å². The highest BCUT2D eigenvalue weighted by atomic mass is 16.2. The SMILES string of the molecule is C/C=C\C/C=C/NC(=O)Nc1cc(NC(=O)Nc2ccc(C#N)cc2)ccc1C.CC=NCCC. The number of urea groups is 2. The number of carbonyl (C=O) groups is 2. The van der Waals surface area contributed by atoms with Gasteiger partial charge in [-0.05, 0) is 81.8 Å². The second kappa shape index (κ2) is 17.1. The highest BCUT2D eigenvalue weighted by molar-refractivity contribution is 6.00. The van der Waals surface area contributed by atoms with Crippen LogP contribution in [-0.2, 0) is 0 Å². The fraction of sp³-hybridized carbons (Fsp3) is 0.259. The van der Waals surface area contributed by atoms with Gasteiger partial charge >= 0.3 is 12.1 Å². The molecule has 0 radical (unpaired) electrons. The molecule has 0 saturated heterocycles. The maximum Gasteiger partial charge on any atom is 0.323 e. The zero-order valence-electron chi connectivity index (χ0n) is 20.8. The molecule has 8 nitrogen and oxygen atoms in total. The van der Waals surface area contributed by atoms with Crippen LogP contribution in [0.1, 0.15) is 44.7 Å². The number of nitrogens with zero attached hydrogens (tertiary/aromatic N) is 2. The van der Waals surface area contributed by atoms with Crippen LogP contribution in [0, 0.1) is 18.3 Å². The molecule has 8 heteroatoms. The van der Waals surface area contributed by atoms with Crippen LogP contribution >= 0.6 is 0 Å². The Morgan fingerprint density at radius 1 is 0.971 bits per heavy atom. The van der Waals surface area contributed by atoms with Gasteiger partial charge in [0, 0.05) is 29.8 Å². The quantitative estimate of drug-likeness (QED) is 0.255. The van der Waals surface area contributed by atoms with E-state index in [9.17, 15) is 9.59 Å². The summed E-state index contributed by atoms with van der Waals surface area (Å²) in [6.45, 7) is 8.83. The minimum atomic E-state index is -0.430. The molecule has 0 heterocycles. The van der Waals surface area contributed by atoms with Gasteiger partial charge in [-0.15, -0.1) is 0 Å². The van der Waals surface area contributed by atoms with Crippen molar-refractivity contribution in [2.24, 2.45) is 4.99 Å². The zero-order chi connectivity index (χ0) is 25.9. The molecule has 0 aliphatic rings. The van der Waals surface area contributed by atoms with Crippen molar-refractivity contribution in [2.45, 2.75) is 40.5 Å². The second-order valence-electron chi connectivity index (χ2n) is 7.27. The van der Waals surface area contributed by atoms with Crippen LogP contribution in [0.2, 0.25) is 0 Å². The minimum absolute atomic E-state index is 0.371. The van der Waals surface area contributed by atoms with E-state index in [1.54, 1.807) is 48.7 Å². The number of carbonyl (C=O) groups excluding carboxylic acids is 2. The lowest BCUT2D eigenvalue weighted by Gasteiger charge is -2.12. The number of aliphatic imine (C=N–C) groups is 1. The third kappa shape index (κ3) is 12.4. The Morgan fingerprint density at radius 3 is 2.26 bits per heavy atom. The van der Waals surface area contributed by atoms with Crippen LogP contribution in [0.25, 0.3) is 0 Å². The molecule has 0 aromatic heterocycles. The highest BCUT2D eigenvalue weighted by Crippen LogP contribution is 2.20. The number of hydrogen-bond donors (Lipinski definition) is 4. The standard InChI is InChI=1S/C22H23N5O2.C5H11N/c1-3-4-5-6-13-24-21(28)27-20-14-19(10-7-16(20)2)26-22(29)25-18-11-8-17(15-23)9-12-18;1-3-5-6-4-2/h3-4,6-14H,5H2,1-2H3,(H2,24,27,28)(H2,25,26,29);4H,3,5H2,1-2H3/b4-3-,13-6+;. The summed E-state index contributed by atoms with van der Waals surface area (Å²) >= 11 is 0. The van der Waals surface area contributed by atoms with Crippen molar-refractivity contribution >= 4 is 35.3 Å². The lowest BCUT2D eigenvalue weighted by atomic mass is 10.2. The van der Waals surface area contributed by atoms with Gasteiger partial charge in [-0.1, -0.05) is 31.2 Å². The number of hydrogen-bond acceptors (Lipinski definition) is 4. The molecule has 0 aliphatic heterocycles. The topological polar surface area (TPSA) is 118 Å². The molecule has 0 atom stereocenters. The summed E-state index contributed by atoms with van der Waals surface area (Å²) in [5, 5.41) is 19.6. The summed E-state index contributed by atoms with van der Waals surface area (Å²) < 4.78 is 0. The molecule has 0 aliphatic carbocycles. The van der Waals surface area contributed by atoms with Crippen molar-refractivity contribution in [1.29, 1.82) is 5.26 Å². The number of rotatable bonds is 8. The normalized spacial score (nSPS) is 10.5. The Balaban J connectivity index is 0.000000905. The number of allylic oxidation sites excluding steroid dienone is 3. The molecule has 0 bridgehead atoms. The number of nitriles is 1. The van der Waals surface area contributed by atoms with Crippen molar-refractivity contribution in [3.63, 3.8) is 0 Å². The molecule has 0 fully saturated rings. The number of aryl methyl sites for hydroxylation is 1. The molecule has 2 aromatic rings. The Hall–Kier alpha value is -4.38. The number of benzene rings is 2. The fourth-order valence-corrected chi connectivity index (χ4v) is 2.59. The average Bonchev–Trinajstić information content (AvgIpc) is 2.85. The first kappa shape index (κ1) is 28.7. The van der Waals surface area contributed by atoms with Crippen molar-refractivity contribution < 1.29 is 9.59 Å². The van der Waals surface area contributed by atoms with Gasteiger partial charge in [0.2, 0.25) is 0 Å². The molecule has 4 amide bonds. The predicted octanol–water partition coefficient (Wildman–Crippen LogP) is 6.60. The smallest absolute Gasteiger partial charge is 0.315 e. The van der Waals surface area contributed by atoms with Crippen LogP contribution in [0.15, 0.2) is 71.9 Å². The average molecular weight is 475 g/mol. The van der Waals surface area contributed by atoms with E-state index in [0.717, 1.165) is 24.9 Å². The fourth-order valence-electron chi connectivity index (χ4n) is 2.59. The van der Waals surface area contributed by atoms with E-state index >= 15 is 0 Å². The van der Waals surface area contributed by atoms with E-state index in [4.69, 9.17) is 5.26 Å². The second-order valence-corrected chi connectivity index (χ2v) is 7.27. The Labute approximate surface area is 207 Å². The third-order valence-corrected chi connectivity index (χ3v) is 4.39. The molecule has 0 unspecified atom stereocenters. The lowest BCUT2D eigenvalue weighted by molar-refractivity contribution is 0.255. The largest absolute Gasteiger partial charge is 0.323 e. The van der Waals surface area contributed by atoms with Gasteiger partial charge in [0.15, 0.2) is 0 Å². The summed E-state index contributed by atoms with van der Waals surface area (Å²) in [6, 6.07) is 13.0. The first-order valence-electron chi connectivity index (χ1n) is 11.4. The molecule has 184 valence electrons. The molecular weight excluding hydrogens is 440 g/mol. The van der Waals surface area contributed by atoms with Crippen molar-refractivity contribution in [2.75, 3.05) is 22.5 Å². The molecule has 2 aromatic carbocycles. The highest BCUT2D eigenvalue weighted by Gasteiger charge is 2.07. The summed E-state index contributed by atoms with van der Waals surface area (Å²) in [5.41, 5.74) is 3.05. The van der Waals surface area contributed by atoms with Gasteiger partial charge in [0.05, 0.1) is 11.6 Å². The number of amides is 4. The Morgan fingerprint density at radius 2 is 1.66 bits per heavy atom. The third-order valence-electron chi connectivity index (χ3n) is 4.39. The first-order chi connectivity index (χ1) is 16.9. The van der Waals surface area contributed by atoms with Crippen LogP contribution in [0.4, 0.5) is 26.7 Å². The van der Waals surface area contributed by atoms with Crippen LogP contribution in [0.5, 0.6) is 0 Å². The summed E-state index contributed by atoms with van der Waals surface area (Å²) in [4.78, 5) is 28.2. The van der Waals surface area contributed by atoms with Crippen LogP contribution in [-0.4, -0.2) is 24.8 Å². The molecule has 0 spiro atoms. The minimum Gasteiger partial charge on any atom is -0.315 e. The van der Waals surface area contributed by atoms with E-state index in [0.29, 0.717) is 22.6 Å². The zero-order valence-corrected chi connectivity index (χ0v) is 20.8. The predicted molar refractivity (Wildman–Crippen MR) is 145 cm³/mol. The molecule has 2 rings (SSSR count). The summed E-state index contributed by atoms with van der Waals surface area (Å²) in [5.74, 6) is 0. The van der Waals surface area contributed by atoms with Crippen molar-refractivity contribution in [3.8, 4) is 6.07 Å². The van der Waals surface area contributed by atoms with Gasteiger partial charge in [0.25, 0.3) is 0 Å². The lowest BCUT2D eigenvalue weighted by Crippen LogP contribution is -2.24. The van der Waals surface area contributed by atoms with E-state index < -0.39 is 6.03 Å². The molecule has 35 heavy (non-hydrogen) atoms. The first-order valence-corrected chi connectivity index (χ1v) is 11.4. The monoisotopic (exact) mass is 474 g/mol.